The van der Waals surface area contributed by atoms with Crippen LogP contribution in [0, 0.1) is 0 Å². The van der Waals surface area contributed by atoms with Gasteiger partial charge in [-0.25, -0.2) is 0 Å². The topological polar surface area (TPSA) is 20.2 Å². The molecule has 0 saturated carbocycles. The molecule has 160 valence electrons. The highest BCUT2D eigenvalue weighted by Gasteiger charge is 2.09. The Labute approximate surface area is 192 Å². The molecule has 0 atom stereocenters. The number of hydrogen-bond donors (Lipinski definition) is 1. The fraction of sp³-hybridized carbons (Fsp3) is 0.391. The van der Waals surface area contributed by atoms with Gasteiger partial charge in [0, 0.05) is 35.2 Å². The predicted molar refractivity (Wildman–Crippen MR) is 131 cm³/mol. The summed E-state index contributed by atoms with van der Waals surface area (Å²) in [6.07, 6.45) is 3.45. The lowest BCUT2D eigenvalue weighted by Gasteiger charge is -2.17. The second kappa shape index (κ2) is 13.1. The first-order chi connectivity index (χ1) is 13.2. The maximum atomic E-state index is 6.37. The van der Waals surface area contributed by atoms with Crippen LogP contribution in [0.25, 0.3) is 10.9 Å². The lowest BCUT2D eigenvalue weighted by atomic mass is 10.2. The molecule has 0 saturated heterocycles. The van der Waals surface area contributed by atoms with Crippen LogP contribution in [0.1, 0.15) is 31.4 Å². The average molecular weight is 457 g/mol. The van der Waals surface area contributed by atoms with E-state index in [9.17, 15) is 0 Å². The van der Waals surface area contributed by atoms with Crippen LogP contribution in [0.3, 0.4) is 0 Å². The normalized spacial score (nSPS) is 10.8. The molecule has 0 radical (unpaired) electrons. The Morgan fingerprint density at radius 3 is 2.34 bits per heavy atom. The number of halogens is 3. The molecule has 2 aromatic carbocycles. The minimum atomic E-state index is 0. The van der Waals surface area contributed by atoms with Gasteiger partial charge in [-0.05, 0) is 55.9 Å². The van der Waals surface area contributed by atoms with Gasteiger partial charge >= 0.3 is 0 Å². The van der Waals surface area contributed by atoms with Crippen LogP contribution in [-0.4, -0.2) is 35.6 Å². The summed E-state index contributed by atoms with van der Waals surface area (Å²) in [6, 6.07) is 16.7. The Bertz CT molecular complexity index is 859. The molecule has 0 fully saturated rings. The van der Waals surface area contributed by atoms with Crippen molar-refractivity contribution < 1.29 is 0 Å². The minimum Gasteiger partial charge on any atom is -0.343 e. The van der Waals surface area contributed by atoms with Crippen molar-refractivity contribution >= 4 is 47.3 Å². The summed E-state index contributed by atoms with van der Waals surface area (Å²) in [7, 11) is 0. The summed E-state index contributed by atoms with van der Waals surface area (Å²) in [5, 5.41) is 5.77. The number of nitrogens with one attached hydrogen (secondary N) is 1. The first-order valence-electron chi connectivity index (χ1n) is 9.96. The average Bonchev–Trinajstić information content (AvgIpc) is 3.04. The van der Waals surface area contributed by atoms with Crippen molar-refractivity contribution in [3.8, 4) is 0 Å². The van der Waals surface area contributed by atoms with Crippen molar-refractivity contribution in [3.63, 3.8) is 0 Å². The SMILES string of the molecule is CCN(CC)CCCNCc1cn(Cc2ccccc2Cl)c2ccccc12.Cl.Cl. The van der Waals surface area contributed by atoms with Crippen molar-refractivity contribution in [2.24, 2.45) is 0 Å². The molecule has 1 heterocycles. The molecule has 0 aliphatic rings. The van der Waals surface area contributed by atoms with Crippen LogP contribution < -0.4 is 5.32 Å². The zero-order valence-corrected chi connectivity index (χ0v) is 19.6. The monoisotopic (exact) mass is 455 g/mol. The van der Waals surface area contributed by atoms with E-state index in [1.54, 1.807) is 0 Å². The van der Waals surface area contributed by atoms with Crippen molar-refractivity contribution in [2.45, 2.75) is 33.4 Å². The number of fused-ring (bicyclic) bond motifs is 1. The highest BCUT2D eigenvalue weighted by Crippen LogP contribution is 2.24. The first-order valence-corrected chi connectivity index (χ1v) is 10.3. The number of aromatic nitrogens is 1. The van der Waals surface area contributed by atoms with E-state index in [0.29, 0.717) is 0 Å². The van der Waals surface area contributed by atoms with Crippen LogP contribution in [-0.2, 0) is 13.1 Å². The molecule has 0 bridgehead atoms. The second-order valence-corrected chi connectivity index (χ2v) is 7.36. The number of benzene rings is 2. The largest absolute Gasteiger partial charge is 0.343 e. The molecule has 3 aromatic rings. The highest BCUT2D eigenvalue weighted by atomic mass is 35.5. The highest BCUT2D eigenvalue weighted by molar-refractivity contribution is 6.31. The van der Waals surface area contributed by atoms with Crippen LogP contribution in [0.2, 0.25) is 5.02 Å². The Morgan fingerprint density at radius 2 is 1.62 bits per heavy atom. The Balaban J connectivity index is 0.00000210. The van der Waals surface area contributed by atoms with Gasteiger partial charge in [-0.2, -0.15) is 0 Å². The molecule has 0 amide bonds. The number of rotatable bonds is 10. The van der Waals surface area contributed by atoms with Crippen molar-refractivity contribution in [1.29, 1.82) is 0 Å². The molecule has 3 rings (SSSR count). The van der Waals surface area contributed by atoms with Gasteiger partial charge in [0.2, 0.25) is 0 Å². The summed E-state index contributed by atoms with van der Waals surface area (Å²) in [6.45, 7) is 10.6. The van der Waals surface area contributed by atoms with E-state index < -0.39 is 0 Å². The summed E-state index contributed by atoms with van der Waals surface area (Å²) >= 11 is 6.37. The van der Waals surface area contributed by atoms with E-state index in [2.05, 4.69) is 65.2 Å². The summed E-state index contributed by atoms with van der Waals surface area (Å²) < 4.78 is 2.31. The van der Waals surface area contributed by atoms with Crippen molar-refractivity contribution in [1.82, 2.24) is 14.8 Å². The Hall–Kier alpha value is -1.23. The maximum Gasteiger partial charge on any atom is 0.0491 e. The van der Waals surface area contributed by atoms with Crippen LogP contribution >= 0.6 is 36.4 Å². The third-order valence-corrected chi connectivity index (χ3v) is 5.58. The molecule has 29 heavy (non-hydrogen) atoms. The van der Waals surface area contributed by atoms with E-state index in [4.69, 9.17) is 11.6 Å². The van der Waals surface area contributed by atoms with Crippen LogP contribution in [0.5, 0.6) is 0 Å². The third kappa shape index (κ3) is 6.91. The Kier molecular flexibility index (Phi) is 11.7. The summed E-state index contributed by atoms with van der Waals surface area (Å²) in [5.74, 6) is 0. The molecular formula is C23H32Cl3N3. The quantitative estimate of drug-likeness (QED) is 0.377. The van der Waals surface area contributed by atoms with Gasteiger partial charge in [-0.3, -0.25) is 0 Å². The van der Waals surface area contributed by atoms with Gasteiger partial charge in [-0.1, -0.05) is 61.8 Å². The van der Waals surface area contributed by atoms with Gasteiger partial charge in [-0.15, -0.1) is 24.8 Å². The molecule has 0 spiro atoms. The lowest BCUT2D eigenvalue weighted by molar-refractivity contribution is 0.298. The molecule has 0 aliphatic heterocycles. The zero-order chi connectivity index (χ0) is 19.1. The number of para-hydroxylation sites is 1. The third-order valence-electron chi connectivity index (χ3n) is 5.21. The number of nitrogens with zero attached hydrogens (tertiary/aromatic N) is 2. The van der Waals surface area contributed by atoms with Gasteiger partial charge in [0.05, 0.1) is 0 Å². The molecular weight excluding hydrogens is 425 g/mol. The van der Waals surface area contributed by atoms with E-state index in [1.165, 1.54) is 22.9 Å². The van der Waals surface area contributed by atoms with E-state index in [-0.39, 0.29) is 24.8 Å². The zero-order valence-electron chi connectivity index (χ0n) is 17.2. The van der Waals surface area contributed by atoms with Gasteiger partial charge < -0.3 is 14.8 Å². The standard InChI is InChI=1S/C23H30ClN3.2ClH/c1-3-26(4-2)15-9-14-25-16-20-18-27(23-13-8-6-11-21(20)23)17-19-10-5-7-12-22(19)24;;/h5-8,10-13,18,25H,3-4,9,14-17H2,1-2H3;2*1H. The Morgan fingerprint density at radius 1 is 0.931 bits per heavy atom. The van der Waals surface area contributed by atoms with E-state index >= 15 is 0 Å². The predicted octanol–water partition coefficient (Wildman–Crippen LogP) is 6.01. The fourth-order valence-corrected chi connectivity index (χ4v) is 3.79. The minimum absolute atomic E-state index is 0. The molecule has 1 N–H and O–H groups in total. The summed E-state index contributed by atoms with van der Waals surface area (Å²) in [4.78, 5) is 2.47. The summed E-state index contributed by atoms with van der Waals surface area (Å²) in [5.41, 5.74) is 3.76. The molecule has 0 unspecified atom stereocenters. The van der Waals surface area contributed by atoms with Crippen LogP contribution in [0.15, 0.2) is 54.7 Å². The maximum absolute atomic E-state index is 6.37. The fourth-order valence-electron chi connectivity index (χ4n) is 3.60. The van der Waals surface area contributed by atoms with E-state index in [0.717, 1.165) is 49.9 Å². The number of hydrogen-bond acceptors (Lipinski definition) is 2. The lowest BCUT2D eigenvalue weighted by Crippen LogP contribution is -2.27. The van der Waals surface area contributed by atoms with Gasteiger partial charge in [0.25, 0.3) is 0 Å². The van der Waals surface area contributed by atoms with E-state index in [1.807, 2.05) is 18.2 Å². The van der Waals surface area contributed by atoms with Crippen molar-refractivity contribution in [3.05, 3.63) is 70.9 Å². The van der Waals surface area contributed by atoms with Crippen LogP contribution in [0.4, 0.5) is 0 Å². The van der Waals surface area contributed by atoms with Crippen molar-refractivity contribution in [2.75, 3.05) is 26.2 Å². The molecule has 3 nitrogen and oxygen atoms in total. The second-order valence-electron chi connectivity index (χ2n) is 6.95. The molecule has 1 aromatic heterocycles. The van der Waals surface area contributed by atoms with Gasteiger partial charge in [0.1, 0.15) is 0 Å². The van der Waals surface area contributed by atoms with Gasteiger partial charge in [0.15, 0.2) is 0 Å². The molecule has 0 aliphatic carbocycles. The first kappa shape index (κ1) is 25.8. The smallest absolute Gasteiger partial charge is 0.0491 e. The molecule has 6 heteroatoms.